The molecule has 0 radical (unpaired) electrons. The Kier molecular flexibility index (Phi) is 5.01. The monoisotopic (exact) mass is 203 g/mol. The first-order chi connectivity index (χ1) is 6.36. The summed E-state index contributed by atoms with van der Waals surface area (Å²) in [4.78, 5) is 2.70. The average Bonchev–Trinajstić information content (AvgIpc) is 2.19. The minimum Gasteiger partial charge on any atom is -0.411 e. The van der Waals surface area contributed by atoms with Crippen LogP contribution in [0, 0.1) is 0 Å². The molecule has 0 aromatic heterocycles. The van der Waals surface area contributed by atoms with Crippen molar-refractivity contribution in [1.82, 2.24) is 0 Å². The van der Waals surface area contributed by atoms with E-state index in [1.54, 1.807) is 0 Å². The first-order valence-corrected chi connectivity index (χ1v) is 4.73. The fraction of sp³-hybridized carbons (Fsp3) is 1.00. The Balaban J connectivity index is 2.30. The number of azide groups is 1. The molecule has 0 saturated carbocycles. The summed E-state index contributed by atoms with van der Waals surface area (Å²) in [7, 11) is -0.261. The van der Waals surface area contributed by atoms with Crippen LogP contribution >= 0.6 is 11.6 Å². The van der Waals surface area contributed by atoms with E-state index >= 15 is 0 Å². The molecule has 1 saturated heterocycles. The summed E-state index contributed by atoms with van der Waals surface area (Å²) >= 11 is 5.59. The maximum Gasteiger partial charge on any atom is 0.457 e. The van der Waals surface area contributed by atoms with Crippen molar-refractivity contribution in [2.24, 2.45) is 5.11 Å². The molecule has 1 aliphatic heterocycles. The second-order valence-electron chi connectivity index (χ2n) is 2.77. The quantitative estimate of drug-likeness (QED) is 0.230. The summed E-state index contributed by atoms with van der Waals surface area (Å²) < 4.78 is 10.6. The Morgan fingerprint density at radius 2 is 2.23 bits per heavy atom. The molecule has 0 aromatic rings. The van der Waals surface area contributed by atoms with Gasteiger partial charge in [-0.2, -0.15) is 0 Å². The smallest absolute Gasteiger partial charge is 0.411 e. The third-order valence-corrected chi connectivity index (χ3v) is 2.11. The summed E-state index contributed by atoms with van der Waals surface area (Å²) in [5.41, 5.74) is 8.22. The lowest BCUT2D eigenvalue weighted by atomic mass is 9.80. The molecule has 0 spiro atoms. The molecule has 0 N–H and O–H groups in total. The molecule has 1 atom stereocenters. The van der Waals surface area contributed by atoms with Crippen LogP contribution in [0.3, 0.4) is 0 Å². The van der Waals surface area contributed by atoms with E-state index in [2.05, 4.69) is 10.0 Å². The van der Waals surface area contributed by atoms with Crippen molar-refractivity contribution in [2.45, 2.75) is 18.8 Å². The molecular formula is C6H11BClN3O2. The van der Waals surface area contributed by atoms with Gasteiger partial charge in [0.15, 0.2) is 0 Å². The van der Waals surface area contributed by atoms with Crippen molar-refractivity contribution < 1.29 is 9.31 Å². The van der Waals surface area contributed by atoms with E-state index < -0.39 is 0 Å². The molecule has 1 rings (SSSR count). The van der Waals surface area contributed by atoms with Crippen LogP contribution in [-0.2, 0) is 9.31 Å². The second kappa shape index (κ2) is 6.10. The lowest BCUT2D eigenvalue weighted by molar-refractivity contribution is 0.133. The lowest BCUT2D eigenvalue weighted by Gasteiger charge is -2.21. The molecule has 1 unspecified atom stereocenters. The lowest BCUT2D eigenvalue weighted by Crippen LogP contribution is -2.32. The van der Waals surface area contributed by atoms with E-state index in [1.165, 1.54) is 0 Å². The minimum atomic E-state index is -0.261. The number of alkyl halides is 1. The van der Waals surface area contributed by atoms with Crippen LogP contribution < -0.4 is 0 Å². The average molecular weight is 203 g/mol. The van der Waals surface area contributed by atoms with Crippen LogP contribution in [-0.4, -0.2) is 32.3 Å². The first kappa shape index (κ1) is 10.7. The van der Waals surface area contributed by atoms with Gasteiger partial charge in [0, 0.05) is 30.0 Å². The van der Waals surface area contributed by atoms with Gasteiger partial charge in [-0.3, -0.25) is 0 Å². The highest BCUT2D eigenvalue weighted by Gasteiger charge is 2.25. The van der Waals surface area contributed by atoms with Gasteiger partial charge in [-0.25, -0.2) is 0 Å². The van der Waals surface area contributed by atoms with Gasteiger partial charge in [-0.1, -0.05) is 5.11 Å². The fourth-order valence-electron chi connectivity index (χ4n) is 1.11. The van der Waals surface area contributed by atoms with Gasteiger partial charge >= 0.3 is 7.12 Å². The molecule has 5 nitrogen and oxygen atoms in total. The van der Waals surface area contributed by atoms with Gasteiger partial charge in [0.2, 0.25) is 0 Å². The number of nitrogens with zero attached hydrogens (tertiary/aromatic N) is 3. The summed E-state index contributed by atoms with van der Waals surface area (Å²) in [6.45, 7) is 1.41. The van der Waals surface area contributed by atoms with Crippen LogP contribution in [0.2, 0.25) is 6.32 Å². The largest absolute Gasteiger partial charge is 0.457 e. The van der Waals surface area contributed by atoms with Gasteiger partial charge < -0.3 is 9.31 Å². The number of hydrogen-bond acceptors (Lipinski definition) is 3. The Morgan fingerprint density at radius 1 is 1.54 bits per heavy atom. The van der Waals surface area contributed by atoms with Crippen LogP contribution in [0.1, 0.15) is 6.42 Å². The zero-order valence-electron chi connectivity index (χ0n) is 7.23. The summed E-state index contributed by atoms with van der Waals surface area (Å²) in [5, 5.41) is 3.53. The van der Waals surface area contributed by atoms with E-state index in [0.717, 1.165) is 6.42 Å². The molecule has 1 aliphatic rings. The Bertz CT molecular complexity index is 194. The molecular weight excluding hydrogens is 192 g/mol. The minimum absolute atomic E-state index is 0.241. The van der Waals surface area contributed by atoms with Crippen molar-refractivity contribution in [2.75, 3.05) is 19.1 Å². The molecule has 1 heterocycles. The van der Waals surface area contributed by atoms with Gasteiger partial charge in [0.25, 0.3) is 0 Å². The van der Waals surface area contributed by atoms with E-state index in [0.29, 0.717) is 25.4 Å². The molecule has 72 valence electrons. The standard InChI is InChI=1S/C6H11BClN3O2/c8-5-6(10-11-9)4-7-12-2-1-3-13-7/h6H,1-5H2. The molecule has 0 aliphatic carbocycles. The Labute approximate surface area is 82.1 Å². The molecule has 13 heavy (non-hydrogen) atoms. The zero-order valence-corrected chi connectivity index (χ0v) is 7.98. The van der Waals surface area contributed by atoms with Crippen LogP contribution in [0.4, 0.5) is 0 Å². The van der Waals surface area contributed by atoms with Gasteiger partial charge in [0.1, 0.15) is 0 Å². The molecule has 1 fully saturated rings. The van der Waals surface area contributed by atoms with Crippen LogP contribution in [0.15, 0.2) is 5.11 Å². The van der Waals surface area contributed by atoms with Gasteiger partial charge in [-0.15, -0.1) is 11.6 Å². The highest BCUT2D eigenvalue weighted by molar-refractivity contribution is 6.45. The van der Waals surface area contributed by atoms with Crippen LogP contribution in [0.5, 0.6) is 0 Å². The summed E-state index contributed by atoms with van der Waals surface area (Å²) in [6.07, 6.45) is 1.46. The maximum atomic E-state index is 8.22. The fourth-order valence-corrected chi connectivity index (χ4v) is 1.30. The predicted octanol–water partition coefficient (Wildman–Crippen LogP) is 1.83. The molecule has 7 heteroatoms. The molecule has 0 bridgehead atoms. The summed E-state index contributed by atoms with van der Waals surface area (Å²) in [5.74, 6) is 0.299. The van der Waals surface area contributed by atoms with Gasteiger partial charge in [-0.05, 0) is 18.3 Å². The van der Waals surface area contributed by atoms with E-state index in [-0.39, 0.29) is 13.2 Å². The van der Waals surface area contributed by atoms with Crippen molar-refractivity contribution in [3.05, 3.63) is 10.4 Å². The molecule has 0 amide bonds. The molecule has 0 aromatic carbocycles. The topological polar surface area (TPSA) is 67.2 Å². The highest BCUT2D eigenvalue weighted by Crippen LogP contribution is 2.11. The Hall–Kier alpha value is -0.415. The third-order valence-electron chi connectivity index (χ3n) is 1.75. The van der Waals surface area contributed by atoms with E-state index in [4.69, 9.17) is 26.4 Å². The van der Waals surface area contributed by atoms with E-state index in [1.807, 2.05) is 0 Å². The summed E-state index contributed by atoms with van der Waals surface area (Å²) in [6, 6.07) is -0.241. The zero-order chi connectivity index (χ0) is 9.52. The number of halogens is 1. The second-order valence-corrected chi connectivity index (χ2v) is 3.08. The van der Waals surface area contributed by atoms with Crippen molar-refractivity contribution in [3.8, 4) is 0 Å². The van der Waals surface area contributed by atoms with Crippen molar-refractivity contribution in [3.63, 3.8) is 0 Å². The van der Waals surface area contributed by atoms with Crippen LogP contribution in [0.25, 0.3) is 10.4 Å². The maximum absolute atomic E-state index is 8.22. The van der Waals surface area contributed by atoms with Crippen molar-refractivity contribution in [1.29, 1.82) is 0 Å². The first-order valence-electron chi connectivity index (χ1n) is 4.20. The predicted molar refractivity (Wildman–Crippen MR) is 50.7 cm³/mol. The number of hydrogen-bond donors (Lipinski definition) is 0. The normalized spacial score (nSPS) is 19.3. The number of rotatable bonds is 4. The van der Waals surface area contributed by atoms with Gasteiger partial charge in [0.05, 0.1) is 0 Å². The van der Waals surface area contributed by atoms with Crippen molar-refractivity contribution >= 4 is 18.7 Å². The third kappa shape index (κ3) is 3.87. The SMILES string of the molecule is [N-]=[N+]=NC(CCl)CB1OCCCO1. The Morgan fingerprint density at radius 3 is 2.77 bits per heavy atom. The highest BCUT2D eigenvalue weighted by atomic mass is 35.5. The van der Waals surface area contributed by atoms with E-state index in [9.17, 15) is 0 Å².